The van der Waals surface area contributed by atoms with E-state index in [1.54, 1.807) is 11.3 Å². The highest BCUT2D eigenvalue weighted by Crippen LogP contribution is 2.31. The Hall–Kier alpha value is -0.640. The van der Waals surface area contributed by atoms with Gasteiger partial charge in [-0.05, 0) is 45.3 Å². The molecule has 1 aromatic heterocycles. The topological polar surface area (TPSA) is 26.0 Å². The molecule has 0 fully saturated rings. The van der Waals surface area contributed by atoms with E-state index in [0.29, 0.717) is 6.54 Å². The predicted molar refractivity (Wildman–Crippen MR) is 65.3 cm³/mol. The molecule has 3 heteroatoms. The first kappa shape index (κ1) is 9.90. The highest BCUT2D eigenvalue weighted by Gasteiger charge is 2.01. The van der Waals surface area contributed by atoms with Crippen LogP contribution in [0.4, 0.5) is 0 Å². The van der Waals surface area contributed by atoms with Gasteiger partial charge in [0.15, 0.2) is 0 Å². The minimum atomic E-state index is 0.598. The van der Waals surface area contributed by atoms with Gasteiger partial charge in [-0.15, -0.1) is 11.3 Å². The number of thiophene rings is 1. The maximum Gasteiger partial charge on any atom is 0.0705 e. The van der Waals surface area contributed by atoms with Crippen LogP contribution in [0.15, 0.2) is 40.2 Å². The summed E-state index contributed by atoms with van der Waals surface area (Å²) in [5.74, 6) is 0. The molecule has 0 aliphatic rings. The fourth-order valence-corrected chi connectivity index (χ4v) is 2.70. The molecule has 0 spiro atoms. The molecule has 1 aromatic carbocycles. The van der Waals surface area contributed by atoms with Crippen molar-refractivity contribution >= 4 is 27.3 Å². The first-order valence-corrected chi connectivity index (χ1v) is 5.95. The summed E-state index contributed by atoms with van der Waals surface area (Å²) in [6.45, 7) is 0.598. The Morgan fingerprint density at radius 2 is 2.07 bits per heavy atom. The Balaban J connectivity index is 2.41. The fourth-order valence-electron chi connectivity index (χ4n) is 1.32. The number of hydrogen-bond donors (Lipinski definition) is 1. The molecule has 1 heterocycles. The molecule has 0 aliphatic heterocycles. The number of nitrogens with two attached hydrogens (primary N) is 1. The normalized spacial score (nSPS) is 10.4. The quantitative estimate of drug-likeness (QED) is 0.884. The molecule has 2 aromatic rings. The van der Waals surface area contributed by atoms with E-state index in [1.165, 1.54) is 16.0 Å². The van der Waals surface area contributed by atoms with E-state index in [4.69, 9.17) is 5.73 Å². The summed E-state index contributed by atoms with van der Waals surface area (Å²) in [5, 5.41) is 0. The molecule has 2 N–H and O–H groups in total. The average Bonchev–Trinajstić information content (AvgIpc) is 2.65. The Kier molecular flexibility index (Phi) is 3.01. The molecule has 72 valence electrons. The first-order valence-electron chi connectivity index (χ1n) is 4.34. The van der Waals surface area contributed by atoms with Crippen molar-refractivity contribution in [3.05, 3.63) is 45.7 Å². The van der Waals surface area contributed by atoms with Gasteiger partial charge < -0.3 is 5.73 Å². The van der Waals surface area contributed by atoms with Crippen LogP contribution in [0.5, 0.6) is 0 Å². The predicted octanol–water partition coefficient (Wildman–Crippen LogP) is 3.64. The van der Waals surface area contributed by atoms with Crippen LogP contribution in [0.25, 0.3) is 10.4 Å². The van der Waals surface area contributed by atoms with Gasteiger partial charge in [-0.3, -0.25) is 0 Å². The summed E-state index contributed by atoms with van der Waals surface area (Å²) in [4.78, 5) is 1.27. The smallest absolute Gasteiger partial charge is 0.0705 e. The number of benzene rings is 1. The Morgan fingerprint density at radius 1 is 1.21 bits per heavy atom. The molecule has 0 atom stereocenters. The summed E-state index contributed by atoms with van der Waals surface area (Å²) >= 11 is 5.19. The number of rotatable bonds is 2. The molecule has 0 bridgehead atoms. The lowest BCUT2D eigenvalue weighted by Crippen LogP contribution is -1.95. The van der Waals surface area contributed by atoms with Crippen LogP contribution in [-0.2, 0) is 6.54 Å². The molecule has 0 saturated heterocycles. The van der Waals surface area contributed by atoms with E-state index in [9.17, 15) is 0 Å². The summed E-state index contributed by atoms with van der Waals surface area (Å²) in [6, 6.07) is 12.5. The van der Waals surface area contributed by atoms with E-state index in [-0.39, 0.29) is 0 Å². The van der Waals surface area contributed by atoms with Crippen molar-refractivity contribution in [3.63, 3.8) is 0 Å². The summed E-state index contributed by atoms with van der Waals surface area (Å²) in [7, 11) is 0. The van der Waals surface area contributed by atoms with Crippen LogP contribution in [-0.4, -0.2) is 0 Å². The third-order valence-corrected chi connectivity index (χ3v) is 3.69. The molecular formula is C11H10BrNS. The second-order valence-corrected chi connectivity index (χ2v) is 5.47. The third-order valence-electron chi connectivity index (χ3n) is 2.02. The molecule has 0 unspecified atom stereocenters. The van der Waals surface area contributed by atoms with Gasteiger partial charge in [0.1, 0.15) is 0 Å². The lowest BCUT2D eigenvalue weighted by Gasteiger charge is -2.00. The van der Waals surface area contributed by atoms with Crippen LogP contribution in [0.2, 0.25) is 0 Å². The minimum Gasteiger partial charge on any atom is -0.326 e. The van der Waals surface area contributed by atoms with Gasteiger partial charge in [-0.25, -0.2) is 0 Å². The van der Waals surface area contributed by atoms with Crippen molar-refractivity contribution in [2.45, 2.75) is 6.54 Å². The Bertz CT molecular complexity index is 436. The van der Waals surface area contributed by atoms with Crippen molar-refractivity contribution in [1.82, 2.24) is 0 Å². The van der Waals surface area contributed by atoms with Crippen LogP contribution in [0.3, 0.4) is 0 Å². The molecule has 1 nitrogen and oxygen atoms in total. The lowest BCUT2D eigenvalue weighted by molar-refractivity contribution is 1.07. The van der Waals surface area contributed by atoms with Gasteiger partial charge in [0.05, 0.1) is 3.79 Å². The van der Waals surface area contributed by atoms with E-state index in [2.05, 4.69) is 40.2 Å². The molecule has 0 amide bonds. The maximum absolute atomic E-state index is 5.60. The largest absolute Gasteiger partial charge is 0.326 e. The molecule has 2 rings (SSSR count). The maximum atomic E-state index is 5.60. The van der Waals surface area contributed by atoms with Crippen LogP contribution < -0.4 is 5.73 Å². The molecular weight excluding hydrogens is 258 g/mol. The SMILES string of the molecule is NCc1cccc(-c2ccc(Br)s2)c1. The van der Waals surface area contributed by atoms with E-state index < -0.39 is 0 Å². The van der Waals surface area contributed by atoms with Crippen LogP contribution in [0, 0.1) is 0 Å². The highest BCUT2D eigenvalue weighted by atomic mass is 79.9. The van der Waals surface area contributed by atoms with Crippen molar-refractivity contribution < 1.29 is 0 Å². The van der Waals surface area contributed by atoms with Gasteiger partial charge in [0.2, 0.25) is 0 Å². The van der Waals surface area contributed by atoms with E-state index in [0.717, 1.165) is 3.79 Å². The second kappa shape index (κ2) is 4.26. The van der Waals surface area contributed by atoms with Gasteiger partial charge in [-0.2, -0.15) is 0 Å². The average molecular weight is 268 g/mol. The van der Waals surface area contributed by atoms with Gasteiger partial charge in [-0.1, -0.05) is 18.2 Å². The fraction of sp³-hybridized carbons (Fsp3) is 0.0909. The van der Waals surface area contributed by atoms with Crippen molar-refractivity contribution in [2.75, 3.05) is 0 Å². The van der Waals surface area contributed by atoms with Crippen LogP contribution >= 0.6 is 27.3 Å². The Labute approximate surface area is 95.7 Å². The van der Waals surface area contributed by atoms with Gasteiger partial charge in [0.25, 0.3) is 0 Å². The van der Waals surface area contributed by atoms with Gasteiger partial charge in [0, 0.05) is 11.4 Å². The summed E-state index contributed by atoms with van der Waals surface area (Å²) < 4.78 is 1.16. The zero-order valence-corrected chi connectivity index (χ0v) is 9.94. The molecule has 0 aliphatic carbocycles. The zero-order valence-electron chi connectivity index (χ0n) is 7.53. The van der Waals surface area contributed by atoms with Crippen molar-refractivity contribution in [1.29, 1.82) is 0 Å². The highest BCUT2D eigenvalue weighted by molar-refractivity contribution is 9.11. The monoisotopic (exact) mass is 267 g/mol. The Morgan fingerprint density at radius 3 is 2.71 bits per heavy atom. The number of halogens is 1. The molecule has 14 heavy (non-hydrogen) atoms. The van der Waals surface area contributed by atoms with Crippen LogP contribution in [0.1, 0.15) is 5.56 Å². The van der Waals surface area contributed by atoms with Crippen molar-refractivity contribution in [2.24, 2.45) is 5.73 Å². The molecule has 0 radical (unpaired) electrons. The van der Waals surface area contributed by atoms with E-state index in [1.807, 2.05) is 12.1 Å². The number of hydrogen-bond acceptors (Lipinski definition) is 2. The minimum absolute atomic E-state index is 0.598. The third kappa shape index (κ3) is 2.05. The first-order chi connectivity index (χ1) is 6.79. The summed E-state index contributed by atoms with van der Waals surface area (Å²) in [5.41, 5.74) is 8.01. The standard InChI is InChI=1S/C11H10BrNS/c12-11-5-4-10(14-11)9-3-1-2-8(6-9)7-13/h1-6H,7,13H2. The van der Waals surface area contributed by atoms with E-state index >= 15 is 0 Å². The zero-order chi connectivity index (χ0) is 9.97. The van der Waals surface area contributed by atoms with Crippen molar-refractivity contribution in [3.8, 4) is 10.4 Å². The lowest BCUT2D eigenvalue weighted by atomic mass is 10.1. The summed E-state index contributed by atoms with van der Waals surface area (Å²) in [6.07, 6.45) is 0. The second-order valence-electron chi connectivity index (χ2n) is 3.01. The van der Waals surface area contributed by atoms with Gasteiger partial charge >= 0.3 is 0 Å². The molecule has 0 saturated carbocycles.